The maximum atomic E-state index is 13.1. The minimum absolute atomic E-state index is 0.0837. The molecule has 0 aliphatic carbocycles. The summed E-state index contributed by atoms with van der Waals surface area (Å²) in [5.41, 5.74) is -4.11. The van der Waals surface area contributed by atoms with Crippen LogP contribution in [0.4, 0.5) is 0 Å². The average molecular weight is 1880 g/mol. The van der Waals surface area contributed by atoms with Crippen LogP contribution < -0.4 is 0 Å². The largest absolute Gasteiger partial charge is 0.481 e. The molecule has 0 bridgehead atoms. The van der Waals surface area contributed by atoms with Gasteiger partial charge in [0.15, 0.2) is 72.1 Å². The van der Waals surface area contributed by atoms with E-state index in [0.29, 0.717) is 48.6 Å². The number of carbonyl (C=O) groups excluding carboxylic acids is 4. The summed E-state index contributed by atoms with van der Waals surface area (Å²) in [6.07, 6.45) is 3.15. The number of rotatable bonds is 49. The summed E-state index contributed by atoms with van der Waals surface area (Å²) in [5.74, 6) is -1.40. The number of carboxylic acids is 1. The lowest BCUT2D eigenvalue weighted by atomic mass is 9.73. The van der Waals surface area contributed by atoms with Crippen molar-refractivity contribution in [2.24, 2.45) is 32.6 Å². The van der Waals surface area contributed by atoms with Crippen molar-refractivity contribution in [1.82, 2.24) is 0 Å². The van der Waals surface area contributed by atoms with Gasteiger partial charge >= 0.3 is 82.2 Å². The lowest BCUT2D eigenvalue weighted by Crippen LogP contribution is -2.65. The van der Waals surface area contributed by atoms with Crippen LogP contribution in [-0.2, 0) is 92.3 Å². The van der Waals surface area contributed by atoms with Gasteiger partial charge in [-0.3, -0.25) is 29.0 Å². The Hall–Kier alpha value is -0.234. The van der Waals surface area contributed by atoms with E-state index in [2.05, 4.69) is 223 Å². The van der Waals surface area contributed by atoms with E-state index in [1.807, 2.05) is 60.8 Å². The van der Waals surface area contributed by atoms with Crippen molar-refractivity contribution in [3.8, 4) is 6.07 Å². The van der Waals surface area contributed by atoms with Gasteiger partial charge in [-0.05, 0) is 278 Å². The number of aliphatic imine (C=N–C) groups is 1. The van der Waals surface area contributed by atoms with Crippen LogP contribution in [0.2, 0.25) is 208 Å². The SMILES string of the molecule is C=NC(C)(C#N)CSCC(C)(C)C(=O)OCCC[Si](O[Si](C)(C)C)(O[Si](C)(C)C)O[Si](C)(C)O[Si](C)(O[Si](C)(C)C)O[Si](C)(C)C.CC(C)(C)SCC(C)(C)C(=O)OCCC[Si](O[Si](C)(C)C)(O[Si](C)(C)C)O[Si](C)(C)O[Si](C)(O[Si](C)(C)C)O[Si](C)(C)C.CCC.CCC(C)(CC(CC(C)(C)C(=O)O)C(=O)OC)C(=O)OC. The summed E-state index contributed by atoms with van der Waals surface area (Å²) in [5, 5.41) is 18.6. The zero-order valence-corrected chi connectivity index (χ0v) is 95.8. The molecule has 0 saturated heterocycles. The number of ether oxygens (including phenoxy) is 4. The van der Waals surface area contributed by atoms with Crippen molar-refractivity contribution in [1.29, 1.82) is 5.26 Å². The van der Waals surface area contributed by atoms with E-state index in [1.165, 1.54) is 32.4 Å². The van der Waals surface area contributed by atoms with Crippen molar-refractivity contribution in [2.75, 3.05) is 44.7 Å². The second-order valence-electron chi connectivity index (χ2n) is 41.6. The Kier molecular flexibility index (Phi) is 49.6. The van der Waals surface area contributed by atoms with E-state index in [-0.39, 0.29) is 42.7 Å². The van der Waals surface area contributed by atoms with Crippen molar-refractivity contribution < 1.29 is 97.4 Å². The van der Waals surface area contributed by atoms with Crippen molar-refractivity contribution >= 4 is 179 Å². The Bertz CT molecular complexity index is 2890. The first-order chi connectivity index (χ1) is 49.7. The summed E-state index contributed by atoms with van der Waals surface area (Å²) in [7, 11) is -32.6. The maximum absolute atomic E-state index is 13.1. The third kappa shape index (κ3) is 57.0. The number of nitriles is 1. The van der Waals surface area contributed by atoms with Crippen LogP contribution in [0.25, 0.3) is 0 Å². The molecule has 40 heteroatoms. The van der Waals surface area contributed by atoms with Gasteiger partial charge in [0.25, 0.3) is 0 Å². The Morgan fingerprint density at radius 2 is 0.726 bits per heavy atom. The number of hydrogen-bond donors (Lipinski definition) is 1. The summed E-state index contributed by atoms with van der Waals surface area (Å²) in [4.78, 5) is 65.2. The second-order valence-corrected chi connectivity index (χ2v) is 101. The molecule has 0 amide bonds. The Morgan fingerprint density at radius 1 is 0.425 bits per heavy atom. The fraction of sp³-hybridized carbons (Fsp3) is 0.904. The number of carbonyl (C=O) groups is 5. The molecule has 0 aliphatic rings. The molecular formula is C73H168N2O22S2Si14. The van der Waals surface area contributed by atoms with E-state index in [9.17, 15) is 34.3 Å². The van der Waals surface area contributed by atoms with Gasteiger partial charge in [0.1, 0.15) is 0 Å². The van der Waals surface area contributed by atoms with Gasteiger partial charge < -0.3 is 73.4 Å². The summed E-state index contributed by atoms with van der Waals surface area (Å²) in [6.45, 7) is 94.6. The smallest absolute Gasteiger partial charge is 0.471 e. The molecule has 0 heterocycles. The first-order valence-electron chi connectivity index (χ1n) is 40.0. The number of carboxylic acid groups (broad SMARTS) is 1. The third-order valence-electron chi connectivity index (χ3n) is 14.6. The van der Waals surface area contributed by atoms with Crippen LogP contribution in [0.5, 0.6) is 0 Å². The fourth-order valence-electron chi connectivity index (χ4n) is 11.0. The van der Waals surface area contributed by atoms with Crippen LogP contribution >= 0.6 is 23.5 Å². The predicted octanol–water partition coefficient (Wildman–Crippen LogP) is 21.1. The summed E-state index contributed by atoms with van der Waals surface area (Å²) >= 11 is 3.27. The Balaban J connectivity index is -0.000000821. The van der Waals surface area contributed by atoms with Crippen LogP contribution in [0, 0.1) is 38.9 Å². The van der Waals surface area contributed by atoms with Crippen LogP contribution in [-0.4, -0.2) is 216 Å². The average Bonchev–Trinajstić information content (AvgIpc) is 0.784. The second kappa shape index (κ2) is 47.0. The van der Waals surface area contributed by atoms with E-state index in [0.717, 1.165) is 0 Å². The zero-order valence-electron chi connectivity index (χ0n) is 80.2. The fourth-order valence-corrected chi connectivity index (χ4v) is 70.3. The van der Waals surface area contributed by atoms with Crippen LogP contribution in [0.1, 0.15) is 135 Å². The number of esters is 4. The highest BCUT2D eigenvalue weighted by molar-refractivity contribution is 8.00. The molecule has 3 unspecified atom stereocenters. The van der Waals surface area contributed by atoms with E-state index < -0.39 is 170 Å². The summed E-state index contributed by atoms with van der Waals surface area (Å²) < 4.78 is 104. The molecule has 0 aromatic rings. The number of thioether (sulfide) groups is 2. The van der Waals surface area contributed by atoms with E-state index in [4.69, 9.17) is 68.3 Å². The van der Waals surface area contributed by atoms with Crippen molar-refractivity contribution in [2.45, 2.75) is 354 Å². The molecule has 0 rings (SSSR count). The molecule has 24 nitrogen and oxygen atoms in total. The maximum Gasteiger partial charge on any atom is 0.471 e. The molecule has 3 atom stereocenters. The normalized spacial score (nSPS) is 15.2. The topological polar surface area (TPSA) is 289 Å². The van der Waals surface area contributed by atoms with Crippen LogP contribution in [0.15, 0.2) is 4.99 Å². The molecule has 0 aliphatic heterocycles. The number of aliphatic carboxylic acids is 1. The molecule has 0 aromatic carbocycles. The van der Waals surface area contributed by atoms with E-state index >= 15 is 0 Å². The molecule has 670 valence electrons. The molecule has 0 aromatic heterocycles. The molecule has 113 heavy (non-hydrogen) atoms. The molecule has 0 spiro atoms. The first-order valence-corrected chi connectivity index (χ1v) is 83.3. The van der Waals surface area contributed by atoms with Gasteiger partial charge in [0, 0.05) is 47.2 Å². The quantitative estimate of drug-likeness (QED) is 0.0195. The predicted molar refractivity (Wildman–Crippen MR) is 503 cm³/mol. The van der Waals surface area contributed by atoms with Gasteiger partial charge in [-0.2, -0.15) is 28.8 Å². The zero-order chi connectivity index (χ0) is 90.8. The minimum Gasteiger partial charge on any atom is -0.481 e. The highest BCUT2D eigenvalue weighted by Crippen LogP contribution is 2.40. The van der Waals surface area contributed by atoms with Gasteiger partial charge in [-0.15, -0.1) is 0 Å². The molecule has 1 N–H and O–H groups in total. The standard InChI is InChI=1S/C28H66N2O8SSi7.C27H68O8SSi7.C15H26O6.C3H8/c1-27(2,24-39-25-28(3,23-29)30-4)26(31)32-21-20-22-46(35-42(11,12)13,36-43(14,15)16)38-44(17,18)37-45(19,33-40(5,6)7)34-41(8,9)10;1-26(2,3)36-24-27(4,5)25(28)29-22-21-23-43(32-39(12,13)14,33-40(15,16)17)35-41(18,19)34-42(20,30-37(6,7)8)31-38(9,10)11;1-7-15(4,13(19)21-6)9-10(11(16)20-5)8-14(2,3)12(17)18;1-3-2/h4,20-22,24-25H2,1-3,5-19H3;21-24H2,1-20H3;10H,7-9H2,1-6H3,(H,17,18);3H2,1-2H3. The molecule has 0 saturated carbocycles. The first kappa shape index (κ1) is 119. The highest BCUT2D eigenvalue weighted by Gasteiger charge is 2.58. The number of nitrogens with zero attached hydrogens (tertiary/aromatic N) is 2. The van der Waals surface area contributed by atoms with Crippen LogP contribution in [0.3, 0.4) is 0 Å². The van der Waals surface area contributed by atoms with Gasteiger partial charge in [0.05, 0.1) is 61.1 Å². The lowest BCUT2D eigenvalue weighted by molar-refractivity contribution is -0.158. The molecule has 0 fully saturated rings. The molecular weight excluding hydrogens is 1710 g/mol. The Morgan fingerprint density at radius 3 is 0.965 bits per heavy atom. The van der Waals surface area contributed by atoms with E-state index in [1.54, 1.807) is 39.5 Å². The molecule has 0 radical (unpaired) electrons. The van der Waals surface area contributed by atoms with Gasteiger partial charge in [0.2, 0.25) is 0 Å². The highest BCUT2D eigenvalue weighted by atomic mass is 32.2. The van der Waals surface area contributed by atoms with Crippen molar-refractivity contribution in [3.63, 3.8) is 0 Å². The minimum atomic E-state index is -3.34. The lowest BCUT2D eigenvalue weighted by Gasteiger charge is -2.46. The third-order valence-corrected chi connectivity index (χ3v) is 63.8. The summed E-state index contributed by atoms with van der Waals surface area (Å²) in [6, 6.07) is 3.22. The monoisotopic (exact) mass is 1880 g/mol. The van der Waals surface area contributed by atoms with Crippen molar-refractivity contribution in [3.05, 3.63) is 0 Å². The Labute approximate surface area is 713 Å². The van der Waals surface area contributed by atoms with Gasteiger partial charge in [-0.25, -0.2) is 0 Å². The number of methoxy groups -OCH3 is 2. The number of hydrogen-bond acceptors (Lipinski definition) is 25. The van der Waals surface area contributed by atoms with Gasteiger partial charge in [-0.1, -0.05) is 48.0 Å².